The highest BCUT2D eigenvalue weighted by atomic mass is 16.5. The molecule has 0 unspecified atom stereocenters. The predicted octanol–water partition coefficient (Wildman–Crippen LogP) is 8.13. The van der Waals surface area contributed by atoms with Gasteiger partial charge in [0.15, 0.2) is 0 Å². The number of imidazole rings is 2. The Morgan fingerprint density at radius 2 is 1.41 bits per heavy atom. The lowest BCUT2D eigenvalue weighted by molar-refractivity contribution is -0.135. The average molecular weight is 793 g/mol. The molecule has 5 N–H and O–H groups in total. The van der Waals surface area contributed by atoms with Crippen molar-refractivity contribution in [2.45, 2.75) is 76.5 Å². The second-order valence-corrected chi connectivity index (χ2v) is 16.1. The van der Waals surface area contributed by atoms with E-state index < -0.39 is 18.2 Å². The number of carbonyl (C=O) groups is 3. The summed E-state index contributed by atoms with van der Waals surface area (Å²) in [6, 6.07) is 29.9. The van der Waals surface area contributed by atoms with Crippen molar-refractivity contribution in [1.29, 1.82) is 0 Å². The molecule has 2 saturated heterocycles. The maximum atomic E-state index is 13.9. The van der Waals surface area contributed by atoms with Gasteiger partial charge in [0, 0.05) is 24.6 Å². The Hall–Kier alpha value is -6.27. The van der Waals surface area contributed by atoms with E-state index in [0.717, 1.165) is 63.1 Å². The van der Waals surface area contributed by atoms with Gasteiger partial charge in [-0.15, -0.1) is 0 Å². The van der Waals surface area contributed by atoms with Crippen molar-refractivity contribution in [3.8, 4) is 33.6 Å². The van der Waals surface area contributed by atoms with Crippen LogP contribution in [0, 0.1) is 5.92 Å². The molecule has 0 aliphatic carbocycles. The summed E-state index contributed by atoms with van der Waals surface area (Å²) in [7, 11) is 1.30. The lowest BCUT2D eigenvalue weighted by Gasteiger charge is -2.27. The van der Waals surface area contributed by atoms with Crippen LogP contribution in [0.4, 0.5) is 4.79 Å². The van der Waals surface area contributed by atoms with E-state index in [0.29, 0.717) is 31.8 Å². The van der Waals surface area contributed by atoms with Crippen molar-refractivity contribution < 1.29 is 19.1 Å². The highest BCUT2D eigenvalue weighted by molar-refractivity contribution is 5.91. The number of nitrogens with two attached hydrogens (primary N) is 1. The first-order valence-corrected chi connectivity index (χ1v) is 20.6. The van der Waals surface area contributed by atoms with E-state index in [1.165, 1.54) is 12.7 Å². The molecule has 12 heteroatoms. The number of H-pyrrole nitrogens is 2. The maximum absolute atomic E-state index is 13.9. The van der Waals surface area contributed by atoms with Crippen LogP contribution < -0.4 is 11.1 Å². The fourth-order valence-electron chi connectivity index (χ4n) is 8.58. The molecular weight excluding hydrogens is 741 g/mol. The highest BCUT2D eigenvalue weighted by Gasteiger charge is 2.41. The van der Waals surface area contributed by atoms with Crippen LogP contribution in [0.25, 0.3) is 44.4 Å². The van der Waals surface area contributed by atoms with Gasteiger partial charge in [-0.1, -0.05) is 99.6 Å². The van der Waals surface area contributed by atoms with Crippen molar-refractivity contribution in [2.24, 2.45) is 11.7 Å². The lowest BCUT2D eigenvalue weighted by Crippen LogP contribution is -2.48. The monoisotopic (exact) mass is 792 g/mol. The Balaban J connectivity index is 0.974. The zero-order valence-electron chi connectivity index (χ0n) is 34.0. The Kier molecular flexibility index (Phi) is 11.3. The lowest BCUT2D eigenvalue weighted by atomic mass is 9.96. The number of alkyl carbamates (subject to hydrolysis) is 1. The molecule has 2 aromatic heterocycles. The van der Waals surface area contributed by atoms with Gasteiger partial charge < -0.3 is 35.6 Å². The number of rotatable bonds is 11. The fraction of sp³-hybridized carbons (Fsp3) is 0.340. The van der Waals surface area contributed by atoms with Crippen LogP contribution in [0.1, 0.15) is 81.7 Å². The molecule has 59 heavy (non-hydrogen) atoms. The summed E-state index contributed by atoms with van der Waals surface area (Å²) < 4.78 is 4.80. The molecule has 2 fully saturated rings. The van der Waals surface area contributed by atoms with Crippen LogP contribution in [0.2, 0.25) is 0 Å². The van der Waals surface area contributed by atoms with E-state index in [9.17, 15) is 14.4 Å². The van der Waals surface area contributed by atoms with Crippen LogP contribution >= 0.6 is 0 Å². The van der Waals surface area contributed by atoms with Crippen LogP contribution in [-0.2, 0) is 14.3 Å². The second kappa shape index (κ2) is 16.9. The summed E-state index contributed by atoms with van der Waals surface area (Å²) >= 11 is 0. The van der Waals surface area contributed by atoms with Gasteiger partial charge in [-0.25, -0.2) is 14.8 Å². The molecule has 0 spiro atoms. The molecule has 12 nitrogen and oxygen atoms in total. The Labute approximate surface area is 344 Å². The average Bonchev–Trinajstić information content (AvgIpc) is 4.11. The number of benzene rings is 4. The quantitative estimate of drug-likeness (QED) is 0.103. The third-order valence-electron chi connectivity index (χ3n) is 12.1. The van der Waals surface area contributed by atoms with Crippen LogP contribution in [-0.4, -0.2) is 79.9 Å². The first kappa shape index (κ1) is 39.6. The number of methoxy groups -OCH3 is 1. The Bertz CT molecular complexity index is 2440. The van der Waals surface area contributed by atoms with Crippen LogP contribution in [0.15, 0.2) is 103 Å². The van der Waals surface area contributed by atoms with Crippen LogP contribution in [0.3, 0.4) is 0 Å². The van der Waals surface area contributed by atoms with Crippen LogP contribution in [0.5, 0.6) is 0 Å². The molecule has 3 amide bonds. The molecule has 6 aromatic rings. The number of aromatic amines is 2. The molecule has 0 bridgehead atoms. The van der Waals surface area contributed by atoms with Crippen molar-refractivity contribution in [1.82, 2.24) is 35.1 Å². The third-order valence-corrected chi connectivity index (χ3v) is 12.1. The summed E-state index contributed by atoms with van der Waals surface area (Å²) in [5, 5.41) is 4.95. The molecule has 4 aromatic carbocycles. The van der Waals surface area contributed by atoms with Crippen molar-refractivity contribution in [3.05, 3.63) is 121 Å². The maximum Gasteiger partial charge on any atom is 0.407 e. The van der Waals surface area contributed by atoms with Gasteiger partial charge in [-0.05, 0) is 76.8 Å². The largest absolute Gasteiger partial charge is 0.453 e. The summed E-state index contributed by atoms with van der Waals surface area (Å²) in [6.07, 6.45) is 6.00. The van der Waals surface area contributed by atoms with Gasteiger partial charge in [-0.3, -0.25) is 9.59 Å². The minimum absolute atomic E-state index is 0.0106. The minimum Gasteiger partial charge on any atom is -0.453 e. The standard InChI is InChI=1S/C47H52N8O4/c1-5-37(53-47(58)59-4)45(56)55-27-36(29-10-7-6-8-11-29)24-41(55)44-50-25-38(51-44)31-15-13-30(14-16-31)32-17-18-34-23-35(20-19-33(34)22-32)39-26-49-43(52-39)40-12-9-21-54(40)46(57)42(48)28(2)3/h6-8,10-11,13-20,22-23,25-26,28,36-37,40-42H,5,9,12,21,24,27,48H2,1-4H3,(H,49,52)(H,50,51)(H,53,58)/t36-,37+,40+,41+,42+/m1/s1. The van der Waals surface area contributed by atoms with Crippen molar-refractivity contribution >= 4 is 28.7 Å². The first-order valence-electron chi connectivity index (χ1n) is 20.6. The highest BCUT2D eigenvalue weighted by Crippen LogP contribution is 2.41. The molecule has 8 rings (SSSR count). The second-order valence-electron chi connectivity index (χ2n) is 16.1. The molecule has 0 radical (unpaired) electrons. The van der Waals surface area contributed by atoms with Gasteiger partial charge >= 0.3 is 6.09 Å². The molecule has 2 aliphatic heterocycles. The normalized spacial score (nSPS) is 19.0. The Morgan fingerprint density at radius 3 is 2.07 bits per heavy atom. The van der Waals surface area contributed by atoms with Gasteiger partial charge in [0.1, 0.15) is 17.7 Å². The van der Waals surface area contributed by atoms with Gasteiger partial charge in [-0.2, -0.15) is 0 Å². The van der Waals surface area contributed by atoms with Crippen molar-refractivity contribution in [2.75, 3.05) is 20.2 Å². The number of hydrogen-bond donors (Lipinski definition) is 4. The molecule has 304 valence electrons. The zero-order chi connectivity index (χ0) is 41.2. The Morgan fingerprint density at radius 1 is 0.797 bits per heavy atom. The number of carbonyl (C=O) groups excluding carboxylic acids is 3. The number of fused-ring (bicyclic) bond motifs is 1. The predicted molar refractivity (Wildman–Crippen MR) is 229 cm³/mol. The SMILES string of the molecule is CC[C@H](NC(=O)OC)C(=O)N1C[C@H](c2ccccc2)C[C@H]1c1ncc(-c2ccc(-c3ccc4cc(-c5cnc([C@@H]6CCCN6C(=O)[C@@H](N)C(C)C)[nH]5)ccc4c3)cc2)[nH]1. The van der Waals surface area contributed by atoms with E-state index in [4.69, 9.17) is 20.4 Å². The molecule has 0 saturated carbocycles. The number of hydrogen-bond acceptors (Lipinski definition) is 7. The van der Waals surface area contributed by atoms with Gasteiger partial charge in [0.25, 0.3) is 0 Å². The van der Waals surface area contributed by atoms with Gasteiger partial charge in [0.05, 0.1) is 49.0 Å². The zero-order valence-corrected chi connectivity index (χ0v) is 34.0. The smallest absolute Gasteiger partial charge is 0.407 e. The molecule has 2 aliphatic rings. The summed E-state index contributed by atoms with van der Waals surface area (Å²) in [5.74, 6) is 1.55. The van der Waals surface area contributed by atoms with Gasteiger partial charge in [0.2, 0.25) is 11.8 Å². The third kappa shape index (κ3) is 8.09. The summed E-state index contributed by atoms with van der Waals surface area (Å²) in [5.41, 5.74) is 13.4. The fourth-order valence-corrected chi connectivity index (χ4v) is 8.58. The van der Waals surface area contributed by atoms with E-state index in [-0.39, 0.29) is 35.7 Å². The van der Waals surface area contributed by atoms with E-state index in [2.05, 4.69) is 88.1 Å². The van der Waals surface area contributed by atoms with E-state index in [1.54, 1.807) is 0 Å². The number of ether oxygens (including phenoxy) is 1. The number of likely N-dealkylation sites (tertiary alicyclic amines) is 2. The molecule has 4 heterocycles. The van der Waals surface area contributed by atoms with Crippen molar-refractivity contribution in [3.63, 3.8) is 0 Å². The number of aromatic nitrogens is 4. The first-order chi connectivity index (χ1) is 28.6. The van der Waals surface area contributed by atoms with E-state index in [1.807, 2.05) is 61.2 Å². The summed E-state index contributed by atoms with van der Waals surface area (Å²) in [4.78, 5) is 59.4. The summed E-state index contributed by atoms with van der Waals surface area (Å²) in [6.45, 7) is 7.05. The topological polar surface area (TPSA) is 162 Å². The minimum atomic E-state index is -0.703. The molecular formula is C47H52N8O4. The molecule has 5 atom stereocenters. The number of amides is 3. The number of nitrogens with zero attached hydrogens (tertiary/aromatic N) is 4. The number of nitrogens with one attached hydrogen (secondary N) is 3. The van der Waals surface area contributed by atoms with E-state index >= 15 is 0 Å².